The predicted octanol–water partition coefficient (Wildman–Crippen LogP) is 2.87. The van der Waals surface area contributed by atoms with Gasteiger partial charge in [0.1, 0.15) is 22.5 Å². The zero-order valence-corrected chi connectivity index (χ0v) is 11.9. The van der Waals surface area contributed by atoms with Crippen molar-refractivity contribution in [3.8, 4) is 0 Å². The molecule has 0 aliphatic heterocycles. The van der Waals surface area contributed by atoms with Crippen LogP contribution in [0.15, 0.2) is 11.4 Å². The first kappa shape index (κ1) is 12.3. The summed E-state index contributed by atoms with van der Waals surface area (Å²) in [5.41, 5.74) is 6.89. The number of hydrogen-bond acceptors (Lipinski definition) is 6. The number of nitrogens with zero attached hydrogens (tertiary/aromatic N) is 3. The minimum Gasteiger partial charge on any atom is -0.384 e. The van der Waals surface area contributed by atoms with Gasteiger partial charge in [-0.25, -0.2) is 15.0 Å². The molecule has 1 atom stereocenters. The number of nitrogens with one attached hydrogen (secondary N) is 1. The third kappa shape index (κ3) is 2.84. The normalized spacial score (nSPS) is 16.3. The molecule has 5 nitrogen and oxygen atoms in total. The van der Waals surface area contributed by atoms with E-state index < -0.39 is 0 Å². The van der Waals surface area contributed by atoms with E-state index in [1.165, 1.54) is 12.8 Å². The van der Waals surface area contributed by atoms with E-state index in [1.54, 1.807) is 17.4 Å². The smallest absolute Gasteiger partial charge is 0.136 e. The lowest BCUT2D eigenvalue weighted by molar-refractivity contribution is 0.842. The van der Waals surface area contributed by atoms with Crippen LogP contribution in [0.4, 0.5) is 11.6 Å². The Bertz CT molecular complexity index is 590. The van der Waals surface area contributed by atoms with Gasteiger partial charge in [0.05, 0.1) is 6.04 Å². The molecule has 2 heterocycles. The Labute approximate surface area is 116 Å². The first-order valence-electron chi connectivity index (χ1n) is 6.45. The van der Waals surface area contributed by atoms with Gasteiger partial charge >= 0.3 is 0 Å². The molecule has 0 spiro atoms. The van der Waals surface area contributed by atoms with E-state index in [1.807, 2.05) is 6.92 Å². The van der Waals surface area contributed by atoms with Crippen LogP contribution >= 0.6 is 11.3 Å². The van der Waals surface area contributed by atoms with Crippen molar-refractivity contribution in [2.24, 2.45) is 0 Å². The highest BCUT2D eigenvalue weighted by atomic mass is 32.1. The van der Waals surface area contributed by atoms with E-state index in [0.717, 1.165) is 22.3 Å². The lowest BCUT2D eigenvalue weighted by Gasteiger charge is -2.13. The van der Waals surface area contributed by atoms with Crippen LogP contribution in [0.3, 0.4) is 0 Å². The van der Waals surface area contributed by atoms with Crippen molar-refractivity contribution in [3.05, 3.63) is 28.0 Å². The molecule has 0 bridgehead atoms. The summed E-state index contributed by atoms with van der Waals surface area (Å²) in [6.45, 7) is 4.08. The fourth-order valence-electron chi connectivity index (χ4n) is 1.94. The minimum atomic E-state index is 0.125. The number of aryl methyl sites for hydroxylation is 1. The van der Waals surface area contributed by atoms with Gasteiger partial charge in [0.15, 0.2) is 0 Å². The summed E-state index contributed by atoms with van der Waals surface area (Å²) >= 11 is 1.66. The summed E-state index contributed by atoms with van der Waals surface area (Å²) in [5.74, 6) is 2.68. The van der Waals surface area contributed by atoms with Gasteiger partial charge in [-0.05, 0) is 26.7 Å². The maximum absolute atomic E-state index is 5.84. The zero-order chi connectivity index (χ0) is 13.4. The van der Waals surface area contributed by atoms with Gasteiger partial charge < -0.3 is 11.1 Å². The average Bonchev–Trinajstić information content (AvgIpc) is 3.11. The highest BCUT2D eigenvalue weighted by Crippen LogP contribution is 2.38. The number of thiazole rings is 1. The summed E-state index contributed by atoms with van der Waals surface area (Å²) in [6.07, 6.45) is 2.34. The number of nitrogens with two attached hydrogens (primary N) is 1. The van der Waals surface area contributed by atoms with Gasteiger partial charge in [-0.3, -0.25) is 0 Å². The predicted molar refractivity (Wildman–Crippen MR) is 77.3 cm³/mol. The van der Waals surface area contributed by atoms with Crippen LogP contribution in [-0.2, 0) is 0 Å². The third-order valence-corrected chi connectivity index (χ3v) is 4.22. The first-order chi connectivity index (χ1) is 9.11. The molecule has 19 heavy (non-hydrogen) atoms. The van der Waals surface area contributed by atoms with Crippen molar-refractivity contribution in [2.45, 2.75) is 38.6 Å². The molecule has 1 unspecified atom stereocenters. The molecule has 0 radical (unpaired) electrons. The Balaban J connectivity index is 1.78. The molecule has 2 aromatic heterocycles. The molecule has 0 saturated heterocycles. The minimum absolute atomic E-state index is 0.125. The molecule has 3 N–H and O–H groups in total. The van der Waals surface area contributed by atoms with Crippen LogP contribution in [0.5, 0.6) is 0 Å². The highest BCUT2D eigenvalue weighted by molar-refractivity contribution is 7.09. The number of aromatic nitrogens is 3. The molecule has 3 rings (SSSR count). The van der Waals surface area contributed by atoms with Crippen LogP contribution in [-0.4, -0.2) is 15.0 Å². The van der Waals surface area contributed by atoms with E-state index >= 15 is 0 Å². The summed E-state index contributed by atoms with van der Waals surface area (Å²) in [6, 6.07) is 1.91. The van der Waals surface area contributed by atoms with Gasteiger partial charge in [0.2, 0.25) is 0 Å². The molecular weight excluding hydrogens is 258 g/mol. The Morgan fingerprint density at radius 2 is 2.16 bits per heavy atom. The number of hydrogen-bond donors (Lipinski definition) is 2. The summed E-state index contributed by atoms with van der Waals surface area (Å²) < 4.78 is 0. The van der Waals surface area contributed by atoms with E-state index in [0.29, 0.717) is 11.7 Å². The maximum atomic E-state index is 5.84. The van der Waals surface area contributed by atoms with Gasteiger partial charge in [-0.2, -0.15) is 0 Å². The Hall–Kier alpha value is -1.69. The third-order valence-electron chi connectivity index (χ3n) is 3.08. The zero-order valence-electron chi connectivity index (χ0n) is 11.1. The molecule has 0 amide bonds. The van der Waals surface area contributed by atoms with E-state index in [4.69, 9.17) is 5.73 Å². The maximum Gasteiger partial charge on any atom is 0.136 e. The molecule has 100 valence electrons. The summed E-state index contributed by atoms with van der Waals surface area (Å²) in [7, 11) is 0. The van der Waals surface area contributed by atoms with Gasteiger partial charge in [-0.15, -0.1) is 11.3 Å². The highest BCUT2D eigenvalue weighted by Gasteiger charge is 2.27. The van der Waals surface area contributed by atoms with E-state index in [9.17, 15) is 0 Å². The number of nitrogen functional groups attached to an aromatic ring is 1. The number of anilines is 2. The standard InChI is InChI=1S/C13H17N5S/c1-7-6-19-13(15-7)8(2)16-11-5-10(14)17-12(18-11)9-3-4-9/h5-6,8-9H,3-4H2,1-2H3,(H3,14,16,17,18). The van der Waals surface area contributed by atoms with E-state index in [-0.39, 0.29) is 6.04 Å². The van der Waals surface area contributed by atoms with Crippen LogP contribution in [0.25, 0.3) is 0 Å². The van der Waals surface area contributed by atoms with Crippen LogP contribution in [0, 0.1) is 6.92 Å². The molecule has 2 aromatic rings. The van der Waals surface area contributed by atoms with Crippen molar-refractivity contribution in [3.63, 3.8) is 0 Å². The molecule has 1 aliphatic rings. The second-order valence-electron chi connectivity index (χ2n) is 5.00. The fourth-order valence-corrected chi connectivity index (χ4v) is 2.74. The van der Waals surface area contributed by atoms with Gasteiger partial charge in [0.25, 0.3) is 0 Å². The number of rotatable bonds is 4. The second kappa shape index (κ2) is 4.77. The van der Waals surface area contributed by atoms with Crippen molar-refractivity contribution in [2.75, 3.05) is 11.1 Å². The van der Waals surface area contributed by atoms with Crippen LogP contribution in [0.1, 0.15) is 48.3 Å². The van der Waals surface area contributed by atoms with Crippen molar-refractivity contribution in [1.29, 1.82) is 0 Å². The first-order valence-corrected chi connectivity index (χ1v) is 7.33. The monoisotopic (exact) mass is 275 g/mol. The summed E-state index contributed by atoms with van der Waals surface area (Å²) in [5, 5.41) is 6.46. The average molecular weight is 275 g/mol. The largest absolute Gasteiger partial charge is 0.384 e. The molecule has 6 heteroatoms. The van der Waals surface area contributed by atoms with Crippen molar-refractivity contribution >= 4 is 23.0 Å². The Morgan fingerprint density at radius 3 is 2.79 bits per heavy atom. The summed E-state index contributed by atoms with van der Waals surface area (Å²) in [4.78, 5) is 13.3. The lowest BCUT2D eigenvalue weighted by Crippen LogP contribution is -2.10. The van der Waals surface area contributed by atoms with Crippen LogP contribution in [0.2, 0.25) is 0 Å². The van der Waals surface area contributed by atoms with E-state index in [2.05, 4.69) is 32.6 Å². The quantitative estimate of drug-likeness (QED) is 0.897. The van der Waals surface area contributed by atoms with Crippen LogP contribution < -0.4 is 11.1 Å². The van der Waals surface area contributed by atoms with Gasteiger partial charge in [0, 0.05) is 23.1 Å². The Kier molecular flexibility index (Phi) is 3.10. The van der Waals surface area contributed by atoms with Gasteiger partial charge in [-0.1, -0.05) is 0 Å². The Morgan fingerprint density at radius 1 is 1.37 bits per heavy atom. The molecule has 1 saturated carbocycles. The molecule has 0 aromatic carbocycles. The van der Waals surface area contributed by atoms with Crippen molar-refractivity contribution in [1.82, 2.24) is 15.0 Å². The second-order valence-corrected chi connectivity index (χ2v) is 5.89. The molecular formula is C13H17N5S. The molecule has 1 aliphatic carbocycles. The van der Waals surface area contributed by atoms with Crippen molar-refractivity contribution < 1.29 is 0 Å². The molecule has 1 fully saturated rings. The topological polar surface area (TPSA) is 76.7 Å². The fraction of sp³-hybridized carbons (Fsp3) is 0.462. The lowest BCUT2D eigenvalue weighted by atomic mass is 10.3. The SMILES string of the molecule is Cc1csc(C(C)Nc2cc(N)nc(C3CC3)n2)n1.